The van der Waals surface area contributed by atoms with E-state index in [0.29, 0.717) is 24.9 Å². The molecule has 0 amide bonds. The van der Waals surface area contributed by atoms with E-state index in [2.05, 4.69) is 26.1 Å². The molecular weight excluding hydrogens is 244 g/mol. The van der Waals surface area contributed by atoms with E-state index in [1.54, 1.807) is 7.11 Å². The quantitative estimate of drug-likeness (QED) is 0.726. The number of hydrogen-bond acceptors (Lipinski definition) is 5. The Labute approximate surface area is 112 Å². The van der Waals surface area contributed by atoms with Crippen LogP contribution in [0.2, 0.25) is 0 Å². The van der Waals surface area contributed by atoms with Crippen molar-refractivity contribution in [2.45, 2.75) is 26.4 Å². The number of rotatable bonds is 8. The Balaban J connectivity index is 1.91. The Morgan fingerprint density at radius 2 is 2.21 bits per heavy atom. The second-order valence-electron chi connectivity index (χ2n) is 4.24. The Morgan fingerprint density at radius 1 is 1.37 bits per heavy atom. The van der Waals surface area contributed by atoms with Crippen molar-refractivity contribution < 1.29 is 9.15 Å². The van der Waals surface area contributed by atoms with Crippen LogP contribution >= 0.6 is 0 Å². The molecule has 0 saturated carbocycles. The fraction of sp³-hybridized carbons (Fsp3) is 0.538. The van der Waals surface area contributed by atoms with Crippen LogP contribution in [0, 0.1) is 0 Å². The van der Waals surface area contributed by atoms with Crippen molar-refractivity contribution in [3.63, 3.8) is 0 Å². The maximum absolute atomic E-state index is 5.52. The van der Waals surface area contributed by atoms with Crippen LogP contribution in [0.25, 0.3) is 0 Å². The van der Waals surface area contributed by atoms with E-state index in [0.717, 1.165) is 19.5 Å². The fourth-order valence-corrected chi connectivity index (χ4v) is 1.80. The lowest BCUT2D eigenvalue weighted by molar-refractivity contribution is 0.199. The first-order chi connectivity index (χ1) is 9.33. The van der Waals surface area contributed by atoms with Crippen LogP contribution < -0.4 is 5.32 Å². The maximum atomic E-state index is 5.52. The number of methoxy groups -OCH3 is 1. The van der Waals surface area contributed by atoms with E-state index in [1.165, 1.54) is 5.69 Å². The zero-order valence-electron chi connectivity index (χ0n) is 11.4. The summed E-state index contributed by atoms with van der Waals surface area (Å²) in [6.45, 7) is 4.96. The van der Waals surface area contributed by atoms with Gasteiger partial charge in [0.15, 0.2) is 0 Å². The van der Waals surface area contributed by atoms with E-state index in [-0.39, 0.29) is 0 Å². The molecule has 2 heterocycles. The first-order valence-corrected chi connectivity index (χ1v) is 6.48. The molecule has 0 atom stereocenters. The highest BCUT2D eigenvalue weighted by Crippen LogP contribution is 2.07. The van der Waals surface area contributed by atoms with Crippen LogP contribution in [0.4, 0.5) is 0 Å². The predicted molar refractivity (Wildman–Crippen MR) is 70.8 cm³/mol. The highest BCUT2D eigenvalue weighted by Gasteiger charge is 2.07. The van der Waals surface area contributed by atoms with E-state index in [4.69, 9.17) is 9.15 Å². The van der Waals surface area contributed by atoms with Gasteiger partial charge in [-0.3, -0.25) is 0 Å². The molecule has 6 heteroatoms. The molecular formula is C13H20N4O2. The van der Waals surface area contributed by atoms with Gasteiger partial charge in [0.1, 0.15) is 6.54 Å². The van der Waals surface area contributed by atoms with Crippen molar-refractivity contribution in [2.24, 2.45) is 0 Å². The molecule has 0 aromatic carbocycles. The number of nitrogens with zero attached hydrogens (tertiary/aromatic N) is 3. The molecule has 2 aromatic heterocycles. The summed E-state index contributed by atoms with van der Waals surface area (Å²) < 4.78 is 12.6. The first kappa shape index (κ1) is 13.8. The maximum Gasteiger partial charge on any atom is 0.236 e. The van der Waals surface area contributed by atoms with Gasteiger partial charge in [0.25, 0.3) is 0 Å². The van der Waals surface area contributed by atoms with Crippen molar-refractivity contribution >= 4 is 0 Å². The van der Waals surface area contributed by atoms with Crippen LogP contribution in [-0.4, -0.2) is 35.0 Å². The standard InChI is InChI=1S/C13H20N4O2/c1-3-12-15-16-13(19-12)10-17-7-4-5-11(17)9-14-6-8-18-2/h4-5,7,14H,3,6,8-10H2,1-2H3. The average Bonchev–Trinajstić information content (AvgIpc) is 3.05. The molecule has 19 heavy (non-hydrogen) atoms. The molecule has 0 bridgehead atoms. The SMILES string of the molecule is CCc1nnc(Cn2cccc2CNCCOC)o1. The molecule has 0 fully saturated rings. The second kappa shape index (κ2) is 7.06. The smallest absolute Gasteiger partial charge is 0.236 e. The summed E-state index contributed by atoms with van der Waals surface area (Å²) in [5.41, 5.74) is 1.19. The third-order valence-corrected chi connectivity index (χ3v) is 2.83. The van der Waals surface area contributed by atoms with Crippen LogP contribution in [-0.2, 0) is 24.2 Å². The number of ether oxygens (including phenoxy) is 1. The molecule has 0 aliphatic rings. The van der Waals surface area contributed by atoms with Crippen molar-refractivity contribution in [1.29, 1.82) is 0 Å². The summed E-state index contributed by atoms with van der Waals surface area (Å²) in [6.07, 6.45) is 2.78. The van der Waals surface area contributed by atoms with Gasteiger partial charge in [-0.1, -0.05) is 6.92 Å². The van der Waals surface area contributed by atoms with Crippen LogP contribution in [0.5, 0.6) is 0 Å². The minimum atomic E-state index is 0.612. The minimum Gasteiger partial charge on any atom is -0.423 e. The van der Waals surface area contributed by atoms with Gasteiger partial charge in [-0.25, -0.2) is 0 Å². The third kappa shape index (κ3) is 3.90. The number of hydrogen-bond donors (Lipinski definition) is 1. The summed E-state index contributed by atoms with van der Waals surface area (Å²) in [6, 6.07) is 4.10. The molecule has 2 rings (SSSR count). The van der Waals surface area contributed by atoms with Crippen LogP contribution in [0.3, 0.4) is 0 Å². The summed E-state index contributed by atoms with van der Waals surface area (Å²) in [7, 11) is 1.70. The normalized spacial score (nSPS) is 11.1. The van der Waals surface area contributed by atoms with Crippen molar-refractivity contribution in [2.75, 3.05) is 20.3 Å². The summed E-state index contributed by atoms with van der Waals surface area (Å²) in [5.74, 6) is 1.33. The van der Waals surface area contributed by atoms with E-state index >= 15 is 0 Å². The summed E-state index contributed by atoms with van der Waals surface area (Å²) in [4.78, 5) is 0. The van der Waals surface area contributed by atoms with Crippen LogP contribution in [0.1, 0.15) is 24.4 Å². The molecule has 0 saturated heterocycles. The summed E-state index contributed by atoms with van der Waals surface area (Å²) >= 11 is 0. The number of nitrogens with one attached hydrogen (secondary N) is 1. The van der Waals surface area contributed by atoms with Gasteiger partial charge in [-0.15, -0.1) is 10.2 Å². The molecule has 0 aliphatic carbocycles. The van der Waals surface area contributed by atoms with Crippen molar-refractivity contribution in [3.05, 3.63) is 35.8 Å². The monoisotopic (exact) mass is 264 g/mol. The fourth-order valence-electron chi connectivity index (χ4n) is 1.80. The molecule has 104 valence electrons. The first-order valence-electron chi connectivity index (χ1n) is 6.48. The molecule has 0 spiro atoms. The van der Waals surface area contributed by atoms with E-state index < -0.39 is 0 Å². The lowest BCUT2D eigenvalue weighted by Gasteiger charge is -2.08. The zero-order valence-corrected chi connectivity index (χ0v) is 11.4. The Hall–Kier alpha value is -1.66. The lowest BCUT2D eigenvalue weighted by atomic mass is 10.4. The Kier molecular flexibility index (Phi) is 5.11. The van der Waals surface area contributed by atoms with Gasteiger partial charge in [0.05, 0.1) is 6.61 Å². The van der Waals surface area contributed by atoms with E-state index in [1.807, 2.05) is 19.2 Å². The van der Waals surface area contributed by atoms with E-state index in [9.17, 15) is 0 Å². The second-order valence-corrected chi connectivity index (χ2v) is 4.24. The zero-order chi connectivity index (χ0) is 13.5. The summed E-state index contributed by atoms with van der Waals surface area (Å²) in [5, 5.41) is 11.3. The topological polar surface area (TPSA) is 65.1 Å². The molecule has 0 unspecified atom stereocenters. The van der Waals surface area contributed by atoms with Gasteiger partial charge in [0, 0.05) is 38.5 Å². The highest BCUT2D eigenvalue weighted by molar-refractivity contribution is 5.08. The minimum absolute atomic E-state index is 0.612. The number of aryl methyl sites for hydroxylation is 1. The third-order valence-electron chi connectivity index (χ3n) is 2.83. The lowest BCUT2D eigenvalue weighted by Crippen LogP contribution is -2.20. The predicted octanol–water partition coefficient (Wildman–Crippen LogP) is 1.22. The molecule has 0 radical (unpaired) electrons. The van der Waals surface area contributed by atoms with Crippen LogP contribution in [0.15, 0.2) is 22.7 Å². The molecule has 0 aliphatic heterocycles. The largest absolute Gasteiger partial charge is 0.423 e. The highest BCUT2D eigenvalue weighted by atomic mass is 16.5. The van der Waals surface area contributed by atoms with Gasteiger partial charge in [-0.2, -0.15) is 0 Å². The molecule has 1 N–H and O–H groups in total. The van der Waals surface area contributed by atoms with Gasteiger partial charge >= 0.3 is 0 Å². The Morgan fingerprint density at radius 3 is 2.95 bits per heavy atom. The Bertz CT molecular complexity index is 492. The molecule has 6 nitrogen and oxygen atoms in total. The molecule has 2 aromatic rings. The number of aromatic nitrogens is 3. The van der Waals surface area contributed by atoms with Crippen molar-refractivity contribution in [1.82, 2.24) is 20.1 Å². The van der Waals surface area contributed by atoms with Gasteiger partial charge in [0.2, 0.25) is 11.8 Å². The van der Waals surface area contributed by atoms with Gasteiger partial charge in [-0.05, 0) is 12.1 Å². The van der Waals surface area contributed by atoms with Gasteiger partial charge < -0.3 is 19.0 Å². The average molecular weight is 264 g/mol. The van der Waals surface area contributed by atoms with Crippen molar-refractivity contribution in [3.8, 4) is 0 Å².